The lowest BCUT2D eigenvalue weighted by molar-refractivity contribution is -0.141. The average molecular weight is 422 g/mol. The first-order valence-electron chi connectivity index (χ1n) is 11.0. The SMILES string of the molecule is COc1ccc2c(C)cc3nnc(SCC(=O)C45CC6CC(CC(C6)C4)C5)n3c2c1. The first kappa shape index (κ1) is 18.7. The molecule has 7 rings (SSSR count). The minimum Gasteiger partial charge on any atom is -0.497 e. The zero-order valence-corrected chi connectivity index (χ0v) is 18.4. The number of carbonyl (C=O) groups is 1. The molecule has 3 aromatic rings. The second-order valence-corrected chi connectivity index (χ2v) is 10.7. The van der Waals surface area contributed by atoms with Gasteiger partial charge in [0.1, 0.15) is 11.5 Å². The van der Waals surface area contributed by atoms with E-state index in [4.69, 9.17) is 4.74 Å². The monoisotopic (exact) mass is 421 g/mol. The maximum Gasteiger partial charge on any atom is 0.196 e. The van der Waals surface area contributed by atoms with Gasteiger partial charge in [0, 0.05) is 16.9 Å². The van der Waals surface area contributed by atoms with Crippen LogP contribution in [0.1, 0.15) is 44.1 Å². The van der Waals surface area contributed by atoms with Crippen LogP contribution in [0.3, 0.4) is 0 Å². The molecular weight excluding hydrogens is 394 g/mol. The quantitative estimate of drug-likeness (QED) is 0.538. The van der Waals surface area contributed by atoms with Gasteiger partial charge in [0.05, 0.1) is 18.4 Å². The zero-order chi connectivity index (χ0) is 20.5. The molecule has 30 heavy (non-hydrogen) atoms. The number of rotatable bonds is 5. The van der Waals surface area contributed by atoms with E-state index in [1.165, 1.54) is 19.3 Å². The Balaban J connectivity index is 1.32. The van der Waals surface area contributed by atoms with Crippen LogP contribution in [0.2, 0.25) is 0 Å². The molecule has 0 spiro atoms. The number of nitrogens with zero attached hydrogens (tertiary/aromatic N) is 3. The average Bonchev–Trinajstić information content (AvgIpc) is 3.13. The van der Waals surface area contributed by atoms with Crippen molar-refractivity contribution < 1.29 is 9.53 Å². The van der Waals surface area contributed by atoms with E-state index in [9.17, 15) is 4.79 Å². The fraction of sp³-hybridized carbons (Fsp3) is 0.542. The second-order valence-electron chi connectivity index (χ2n) is 9.80. The number of methoxy groups -OCH3 is 1. The van der Waals surface area contributed by atoms with Crippen LogP contribution in [0.5, 0.6) is 5.75 Å². The smallest absolute Gasteiger partial charge is 0.196 e. The van der Waals surface area contributed by atoms with Gasteiger partial charge in [0.25, 0.3) is 0 Å². The van der Waals surface area contributed by atoms with Crippen molar-refractivity contribution in [3.05, 3.63) is 29.8 Å². The molecule has 4 bridgehead atoms. The maximum atomic E-state index is 13.4. The van der Waals surface area contributed by atoms with Crippen molar-refractivity contribution in [2.45, 2.75) is 50.6 Å². The lowest BCUT2D eigenvalue weighted by Crippen LogP contribution is -2.50. The van der Waals surface area contributed by atoms with E-state index < -0.39 is 0 Å². The van der Waals surface area contributed by atoms with E-state index in [0.717, 1.165) is 70.0 Å². The van der Waals surface area contributed by atoms with E-state index in [-0.39, 0.29) is 5.41 Å². The van der Waals surface area contributed by atoms with Gasteiger partial charge in [-0.3, -0.25) is 9.20 Å². The highest BCUT2D eigenvalue weighted by Gasteiger charge is 2.54. The van der Waals surface area contributed by atoms with E-state index in [0.29, 0.717) is 11.5 Å². The maximum absolute atomic E-state index is 13.4. The van der Waals surface area contributed by atoms with E-state index in [1.54, 1.807) is 18.9 Å². The number of aryl methyl sites for hydroxylation is 1. The van der Waals surface area contributed by atoms with Gasteiger partial charge in [-0.25, -0.2) is 0 Å². The third kappa shape index (κ3) is 2.79. The molecule has 0 amide bonds. The summed E-state index contributed by atoms with van der Waals surface area (Å²) in [6.07, 6.45) is 7.46. The predicted molar refractivity (Wildman–Crippen MR) is 118 cm³/mol. The predicted octanol–water partition coefficient (Wildman–Crippen LogP) is 5.08. The number of pyridine rings is 1. The number of Topliss-reactive ketones (excluding diaryl/α,β-unsaturated/α-hetero) is 1. The van der Waals surface area contributed by atoms with E-state index in [1.807, 2.05) is 12.1 Å². The van der Waals surface area contributed by atoms with Crippen molar-refractivity contribution in [1.29, 1.82) is 0 Å². The van der Waals surface area contributed by atoms with Crippen molar-refractivity contribution >= 4 is 34.1 Å². The summed E-state index contributed by atoms with van der Waals surface area (Å²) in [6.45, 7) is 2.09. The van der Waals surface area contributed by atoms with Gasteiger partial charge in [0.2, 0.25) is 0 Å². The molecule has 2 heterocycles. The molecule has 4 aliphatic rings. The fourth-order valence-corrected chi connectivity index (χ4v) is 7.84. The van der Waals surface area contributed by atoms with E-state index >= 15 is 0 Å². The molecule has 0 unspecified atom stereocenters. The molecule has 0 N–H and O–H groups in total. The van der Waals surface area contributed by atoms with Crippen LogP contribution < -0.4 is 4.74 Å². The Labute approximate surface area is 180 Å². The Morgan fingerprint density at radius 3 is 2.50 bits per heavy atom. The Kier molecular flexibility index (Phi) is 4.18. The van der Waals surface area contributed by atoms with Gasteiger partial charge in [-0.15, -0.1) is 10.2 Å². The lowest BCUT2D eigenvalue weighted by Gasteiger charge is -2.56. The molecule has 4 aliphatic carbocycles. The molecule has 5 nitrogen and oxygen atoms in total. The summed E-state index contributed by atoms with van der Waals surface area (Å²) in [7, 11) is 1.68. The molecule has 6 heteroatoms. The number of fused-ring (bicyclic) bond motifs is 3. The highest BCUT2D eigenvalue weighted by atomic mass is 32.2. The Hall–Kier alpha value is -2.08. The summed E-state index contributed by atoms with van der Waals surface area (Å²) in [6, 6.07) is 8.16. The summed E-state index contributed by atoms with van der Waals surface area (Å²) in [4.78, 5) is 13.4. The Morgan fingerprint density at radius 2 is 1.83 bits per heavy atom. The van der Waals surface area contributed by atoms with Crippen LogP contribution in [-0.2, 0) is 4.79 Å². The molecule has 156 valence electrons. The number of thioether (sulfide) groups is 1. The van der Waals surface area contributed by atoms with Gasteiger partial charge < -0.3 is 4.74 Å². The van der Waals surface area contributed by atoms with Gasteiger partial charge >= 0.3 is 0 Å². The number of hydrogen-bond acceptors (Lipinski definition) is 5. The molecule has 4 saturated carbocycles. The van der Waals surface area contributed by atoms with Crippen molar-refractivity contribution in [2.75, 3.05) is 12.9 Å². The summed E-state index contributed by atoms with van der Waals surface area (Å²) >= 11 is 1.55. The minimum atomic E-state index is -0.0515. The molecule has 2 aromatic heterocycles. The highest BCUT2D eigenvalue weighted by Crippen LogP contribution is 2.60. The third-order valence-corrected chi connectivity index (χ3v) is 8.77. The van der Waals surface area contributed by atoms with Crippen molar-refractivity contribution in [1.82, 2.24) is 14.6 Å². The molecule has 0 radical (unpaired) electrons. The summed E-state index contributed by atoms with van der Waals surface area (Å²) in [5, 5.41) is 10.8. The van der Waals surface area contributed by atoms with Gasteiger partial charge in [-0.05, 0) is 87.0 Å². The number of carbonyl (C=O) groups excluding carboxylic acids is 1. The van der Waals surface area contributed by atoms with Gasteiger partial charge in [0.15, 0.2) is 10.8 Å². The Bertz CT molecular complexity index is 1130. The van der Waals surface area contributed by atoms with Crippen molar-refractivity contribution in [2.24, 2.45) is 23.2 Å². The van der Waals surface area contributed by atoms with Gasteiger partial charge in [-0.1, -0.05) is 11.8 Å². The molecule has 0 aliphatic heterocycles. The summed E-state index contributed by atoms with van der Waals surface area (Å²) in [5.41, 5.74) is 2.95. The van der Waals surface area contributed by atoms with Crippen LogP contribution in [0.4, 0.5) is 0 Å². The van der Waals surface area contributed by atoms with Crippen LogP contribution in [0, 0.1) is 30.1 Å². The molecule has 4 fully saturated rings. The topological polar surface area (TPSA) is 56.5 Å². The first-order chi connectivity index (χ1) is 14.5. The number of aromatic nitrogens is 3. The van der Waals surface area contributed by atoms with Crippen LogP contribution in [-0.4, -0.2) is 33.2 Å². The van der Waals surface area contributed by atoms with Crippen LogP contribution in [0.25, 0.3) is 16.6 Å². The summed E-state index contributed by atoms with van der Waals surface area (Å²) < 4.78 is 7.52. The number of benzene rings is 1. The van der Waals surface area contributed by atoms with E-state index in [2.05, 4.69) is 33.7 Å². The normalized spacial score (nSPS) is 29.7. The third-order valence-electron chi connectivity index (χ3n) is 7.84. The van der Waals surface area contributed by atoms with Crippen LogP contribution >= 0.6 is 11.8 Å². The molecular formula is C24H27N3O2S. The first-order valence-corrected chi connectivity index (χ1v) is 12.0. The molecule has 1 aromatic carbocycles. The fourth-order valence-electron chi connectivity index (χ4n) is 6.86. The largest absolute Gasteiger partial charge is 0.497 e. The Morgan fingerprint density at radius 1 is 1.13 bits per heavy atom. The van der Waals surface area contributed by atoms with Gasteiger partial charge in [-0.2, -0.15) is 0 Å². The minimum absolute atomic E-state index is 0.0515. The molecule has 0 atom stereocenters. The number of ether oxygens (including phenoxy) is 1. The highest BCUT2D eigenvalue weighted by molar-refractivity contribution is 7.99. The standard InChI is InChI=1S/C24H27N3O2S/c1-14-5-22-25-26-23(27(22)20-9-18(29-2)3-4-19(14)20)30-13-21(28)24-10-15-6-16(11-24)8-17(7-15)12-24/h3-5,9,15-17H,6-8,10-13H2,1-2H3. The molecule has 0 saturated heterocycles. The second kappa shape index (κ2) is 6.71. The number of hydrogen-bond donors (Lipinski definition) is 0. The zero-order valence-electron chi connectivity index (χ0n) is 17.6. The van der Waals surface area contributed by atoms with Crippen molar-refractivity contribution in [3.63, 3.8) is 0 Å². The van der Waals surface area contributed by atoms with Crippen molar-refractivity contribution in [3.8, 4) is 5.75 Å². The summed E-state index contributed by atoms with van der Waals surface area (Å²) in [5.74, 6) is 4.11. The van der Waals surface area contributed by atoms with Crippen LogP contribution in [0.15, 0.2) is 29.4 Å². The lowest BCUT2D eigenvalue weighted by atomic mass is 9.48. The number of ketones is 1.